The van der Waals surface area contributed by atoms with Gasteiger partial charge in [0.1, 0.15) is 10.4 Å². The van der Waals surface area contributed by atoms with Crippen LogP contribution in [0.15, 0.2) is 4.60 Å². The maximum Gasteiger partial charge on any atom is 0.127 e. The maximum absolute atomic E-state index is 5.60. The summed E-state index contributed by atoms with van der Waals surface area (Å²) in [6, 6.07) is 0. The SMILES string of the molecule is Cn1c(CCN)nc(Br)c1C1CCCCC1. The number of hydrogen-bond acceptors (Lipinski definition) is 2. The van der Waals surface area contributed by atoms with Crippen molar-refractivity contribution in [2.24, 2.45) is 12.8 Å². The smallest absolute Gasteiger partial charge is 0.127 e. The minimum absolute atomic E-state index is 0.668. The van der Waals surface area contributed by atoms with Gasteiger partial charge < -0.3 is 10.3 Å². The summed E-state index contributed by atoms with van der Waals surface area (Å²) in [6.45, 7) is 0.668. The first-order valence-electron chi connectivity index (χ1n) is 6.15. The Labute approximate surface area is 106 Å². The third-order valence-corrected chi connectivity index (χ3v) is 4.13. The van der Waals surface area contributed by atoms with E-state index in [0.29, 0.717) is 12.5 Å². The van der Waals surface area contributed by atoms with Gasteiger partial charge in [0.05, 0.1) is 5.69 Å². The molecule has 16 heavy (non-hydrogen) atoms. The first kappa shape index (κ1) is 12.1. The van der Waals surface area contributed by atoms with Crippen LogP contribution in [0, 0.1) is 0 Å². The Balaban J connectivity index is 2.24. The van der Waals surface area contributed by atoms with Gasteiger partial charge in [0, 0.05) is 19.4 Å². The Morgan fingerprint density at radius 3 is 2.69 bits per heavy atom. The summed E-state index contributed by atoms with van der Waals surface area (Å²) in [5, 5.41) is 0. The predicted molar refractivity (Wildman–Crippen MR) is 69.5 cm³/mol. The van der Waals surface area contributed by atoms with Gasteiger partial charge in [0.2, 0.25) is 0 Å². The third-order valence-electron chi connectivity index (χ3n) is 3.55. The molecule has 0 aromatic carbocycles. The molecule has 0 radical (unpaired) electrons. The van der Waals surface area contributed by atoms with Crippen LogP contribution in [0.1, 0.15) is 49.5 Å². The van der Waals surface area contributed by atoms with Crippen molar-refractivity contribution in [1.82, 2.24) is 9.55 Å². The van der Waals surface area contributed by atoms with E-state index < -0.39 is 0 Å². The lowest BCUT2D eigenvalue weighted by atomic mass is 9.87. The van der Waals surface area contributed by atoms with Gasteiger partial charge in [-0.25, -0.2) is 4.98 Å². The van der Waals surface area contributed by atoms with Crippen LogP contribution in [-0.4, -0.2) is 16.1 Å². The fraction of sp³-hybridized carbons (Fsp3) is 0.750. The molecule has 0 bridgehead atoms. The third kappa shape index (κ3) is 2.33. The zero-order chi connectivity index (χ0) is 11.5. The highest BCUT2D eigenvalue weighted by Crippen LogP contribution is 2.36. The number of nitrogens with two attached hydrogens (primary N) is 1. The Bertz CT molecular complexity index is 353. The molecule has 0 amide bonds. The summed E-state index contributed by atoms with van der Waals surface area (Å²) in [7, 11) is 2.12. The molecule has 0 atom stereocenters. The quantitative estimate of drug-likeness (QED) is 0.928. The molecular formula is C12H20BrN3. The van der Waals surface area contributed by atoms with E-state index in [4.69, 9.17) is 5.73 Å². The fourth-order valence-corrected chi connectivity index (χ4v) is 3.49. The molecule has 1 aromatic heterocycles. The minimum Gasteiger partial charge on any atom is -0.334 e. The van der Waals surface area contributed by atoms with Crippen molar-refractivity contribution < 1.29 is 0 Å². The average molecular weight is 286 g/mol. The molecule has 1 aliphatic carbocycles. The molecular weight excluding hydrogens is 266 g/mol. The van der Waals surface area contributed by atoms with E-state index in [9.17, 15) is 0 Å². The maximum atomic E-state index is 5.60. The zero-order valence-corrected chi connectivity index (χ0v) is 11.5. The number of nitrogens with zero attached hydrogens (tertiary/aromatic N) is 2. The van der Waals surface area contributed by atoms with Crippen LogP contribution in [-0.2, 0) is 13.5 Å². The number of halogens is 1. The molecule has 2 rings (SSSR count). The molecule has 3 nitrogen and oxygen atoms in total. The lowest BCUT2D eigenvalue weighted by Gasteiger charge is -2.22. The minimum atomic E-state index is 0.668. The van der Waals surface area contributed by atoms with Gasteiger partial charge in [-0.3, -0.25) is 0 Å². The van der Waals surface area contributed by atoms with Gasteiger partial charge in [-0.2, -0.15) is 0 Å². The summed E-state index contributed by atoms with van der Waals surface area (Å²) in [4.78, 5) is 4.57. The van der Waals surface area contributed by atoms with E-state index in [-0.39, 0.29) is 0 Å². The summed E-state index contributed by atoms with van der Waals surface area (Å²) >= 11 is 3.60. The Kier molecular flexibility index (Phi) is 4.03. The number of aromatic nitrogens is 2. The van der Waals surface area contributed by atoms with Crippen molar-refractivity contribution in [3.05, 3.63) is 16.1 Å². The van der Waals surface area contributed by atoms with Crippen LogP contribution in [0.3, 0.4) is 0 Å². The standard InChI is InChI=1S/C12H20BrN3/c1-16-10(7-8-14)15-12(13)11(16)9-5-3-2-4-6-9/h9H,2-8,14H2,1H3. The van der Waals surface area contributed by atoms with Crippen LogP contribution in [0.4, 0.5) is 0 Å². The molecule has 0 saturated heterocycles. The monoisotopic (exact) mass is 285 g/mol. The Morgan fingerprint density at radius 2 is 2.06 bits per heavy atom. The fourth-order valence-electron chi connectivity index (χ4n) is 2.69. The summed E-state index contributed by atoms with van der Waals surface area (Å²) < 4.78 is 3.28. The Morgan fingerprint density at radius 1 is 1.38 bits per heavy atom. The second-order valence-electron chi connectivity index (χ2n) is 4.64. The molecule has 1 heterocycles. The topological polar surface area (TPSA) is 43.8 Å². The summed E-state index contributed by atoms with van der Waals surface area (Å²) in [5.41, 5.74) is 6.98. The lowest BCUT2D eigenvalue weighted by Crippen LogP contribution is -2.12. The number of imidazole rings is 1. The first-order chi connectivity index (χ1) is 7.74. The van der Waals surface area contributed by atoms with Crippen molar-refractivity contribution in [3.63, 3.8) is 0 Å². The molecule has 0 aliphatic heterocycles. The predicted octanol–water partition coefficient (Wildman–Crippen LogP) is 2.73. The van der Waals surface area contributed by atoms with Crippen LogP contribution >= 0.6 is 15.9 Å². The van der Waals surface area contributed by atoms with E-state index in [1.807, 2.05) is 0 Å². The van der Waals surface area contributed by atoms with Crippen molar-refractivity contribution in [2.75, 3.05) is 6.54 Å². The van der Waals surface area contributed by atoms with E-state index >= 15 is 0 Å². The molecule has 4 heteroatoms. The molecule has 1 aliphatic rings. The van der Waals surface area contributed by atoms with Gasteiger partial charge in [0.25, 0.3) is 0 Å². The molecule has 0 spiro atoms. The van der Waals surface area contributed by atoms with E-state index in [1.165, 1.54) is 37.8 Å². The zero-order valence-electron chi connectivity index (χ0n) is 9.88. The summed E-state index contributed by atoms with van der Waals surface area (Å²) in [5.74, 6) is 1.79. The number of hydrogen-bond donors (Lipinski definition) is 1. The highest BCUT2D eigenvalue weighted by atomic mass is 79.9. The highest BCUT2D eigenvalue weighted by molar-refractivity contribution is 9.10. The lowest BCUT2D eigenvalue weighted by molar-refractivity contribution is 0.427. The van der Waals surface area contributed by atoms with Crippen LogP contribution < -0.4 is 5.73 Å². The first-order valence-corrected chi connectivity index (χ1v) is 6.94. The van der Waals surface area contributed by atoms with Crippen LogP contribution in [0.5, 0.6) is 0 Å². The highest BCUT2D eigenvalue weighted by Gasteiger charge is 2.23. The van der Waals surface area contributed by atoms with E-state index in [1.54, 1.807) is 0 Å². The van der Waals surface area contributed by atoms with Gasteiger partial charge >= 0.3 is 0 Å². The molecule has 0 unspecified atom stereocenters. The molecule has 1 saturated carbocycles. The second kappa shape index (κ2) is 5.32. The molecule has 1 fully saturated rings. The van der Waals surface area contributed by atoms with Gasteiger partial charge in [-0.1, -0.05) is 19.3 Å². The van der Waals surface area contributed by atoms with Crippen molar-refractivity contribution in [3.8, 4) is 0 Å². The van der Waals surface area contributed by atoms with Crippen molar-refractivity contribution >= 4 is 15.9 Å². The molecule has 2 N–H and O–H groups in total. The van der Waals surface area contributed by atoms with E-state index in [2.05, 4.69) is 32.5 Å². The number of rotatable bonds is 3. The van der Waals surface area contributed by atoms with Gasteiger partial charge in [0.15, 0.2) is 0 Å². The Hall–Kier alpha value is -0.350. The largest absolute Gasteiger partial charge is 0.334 e. The van der Waals surface area contributed by atoms with Crippen molar-refractivity contribution in [2.45, 2.75) is 44.4 Å². The van der Waals surface area contributed by atoms with Gasteiger partial charge in [-0.15, -0.1) is 0 Å². The van der Waals surface area contributed by atoms with Gasteiger partial charge in [-0.05, 0) is 35.3 Å². The molecule has 90 valence electrons. The second-order valence-corrected chi connectivity index (χ2v) is 5.39. The molecule has 1 aromatic rings. The van der Waals surface area contributed by atoms with Crippen LogP contribution in [0.2, 0.25) is 0 Å². The van der Waals surface area contributed by atoms with Crippen LogP contribution in [0.25, 0.3) is 0 Å². The normalized spacial score (nSPS) is 17.9. The van der Waals surface area contributed by atoms with Crippen molar-refractivity contribution in [1.29, 1.82) is 0 Å². The van der Waals surface area contributed by atoms with E-state index in [0.717, 1.165) is 16.8 Å². The summed E-state index contributed by atoms with van der Waals surface area (Å²) in [6.07, 6.45) is 7.58. The average Bonchev–Trinajstić information content (AvgIpc) is 2.56.